The van der Waals surface area contributed by atoms with Crippen LogP contribution in [0, 0.1) is 17.8 Å². The first-order chi connectivity index (χ1) is 10.2. The number of pyridine rings is 1. The lowest BCUT2D eigenvalue weighted by molar-refractivity contribution is 0.0927. The quantitative estimate of drug-likeness (QED) is 0.833. The molecule has 4 heteroatoms. The van der Waals surface area contributed by atoms with Gasteiger partial charge in [-0.1, -0.05) is 24.7 Å². The lowest BCUT2D eigenvalue weighted by Gasteiger charge is -2.20. The summed E-state index contributed by atoms with van der Waals surface area (Å²) in [5.41, 5.74) is 1.17. The maximum atomic E-state index is 12.4. The summed E-state index contributed by atoms with van der Waals surface area (Å²) in [5, 5.41) is 11.9. The highest BCUT2D eigenvalue weighted by atomic mass is 16.2. The summed E-state index contributed by atoms with van der Waals surface area (Å²) in [4.78, 5) is 16.4. The molecule has 2 N–H and O–H groups in total. The van der Waals surface area contributed by atoms with E-state index in [2.05, 4.69) is 29.1 Å². The molecule has 1 aromatic rings. The molecule has 1 heterocycles. The highest BCUT2D eigenvalue weighted by Crippen LogP contribution is 2.27. The first kappa shape index (κ1) is 15.5. The van der Waals surface area contributed by atoms with Crippen LogP contribution >= 0.6 is 0 Å². The molecule has 1 saturated carbocycles. The van der Waals surface area contributed by atoms with E-state index in [-0.39, 0.29) is 18.6 Å². The molecule has 0 aromatic carbocycles. The molecule has 0 saturated heterocycles. The third kappa shape index (κ3) is 4.30. The monoisotopic (exact) mass is 286 g/mol. The smallest absolute Gasteiger partial charge is 0.252 e. The highest BCUT2D eigenvalue weighted by molar-refractivity contribution is 5.96. The van der Waals surface area contributed by atoms with E-state index in [0.717, 1.165) is 0 Å². The number of nitrogens with one attached hydrogen (secondary N) is 1. The fraction of sp³-hybridized carbons (Fsp3) is 0.529. The van der Waals surface area contributed by atoms with E-state index in [1.54, 1.807) is 18.5 Å². The Bertz CT molecular complexity index is 539. The van der Waals surface area contributed by atoms with Gasteiger partial charge in [-0.15, -0.1) is 0 Å². The average molecular weight is 286 g/mol. The Labute approximate surface area is 126 Å². The topological polar surface area (TPSA) is 62.2 Å². The number of rotatable bonds is 4. The van der Waals surface area contributed by atoms with Crippen LogP contribution in [0.3, 0.4) is 0 Å². The van der Waals surface area contributed by atoms with Crippen LogP contribution in [0.1, 0.15) is 54.9 Å². The summed E-state index contributed by atoms with van der Waals surface area (Å²) in [7, 11) is 0. The molecule has 1 atom stereocenters. The molecule has 1 amide bonds. The number of hydrogen-bond donors (Lipinski definition) is 2. The predicted molar refractivity (Wildman–Crippen MR) is 81.7 cm³/mol. The van der Waals surface area contributed by atoms with Crippen LogP contribution in [0.5, 0.6) is 0 Å². The van der Waals surface area contributed by atoms with Crippen molar-refractivity contribution < 1.29 is 9.90 Å². The van der Waals surface area contributed by atoms with Crippen LogP contribution in [-0.4, -0.2) is 28.6 Å². The summed E-state index contributed by atoms with van der Waals surface area (Å²) >= 11 is 0. The largest absolute Gasteiger partial charge is 0.395 e. The summed E-state index contributed by atoms with van der Waals surface area (Å²) in [5.74, 6) is 6.23. The lowest BCUT2D eigenvalue weighted by atomic mass is 9.99. The van der Waals surface area contributed by atoms with E-state index in [1.165, 1.54) is 25.7 Å². The van der Waals surface area contributed by atoms with Gasteiger partial charge < -0.3 is 10.4 Å². The maximum Gasteiger partial charge on any atom is 0.252 e. The first-order valence-electron chi connectivity index (χ1n) is 7.57. The minimum Gasteiger partial charge on any atom is -0.395 e. The summed E-state index contributed by atoms with van der Waals surface area (Å²) in [6.45, 7) is 2.10. The van der Waals surface area contributed by atoms with Crippen LogP contribution in [0.4, 0.5) is 0 Å². The van der Waals surface area contributed by atoms with Gasteiger partial charge >= 0.3 is 0 Å². The van der Waals surface area contributed by atoms with Crippen molar-refractivity contribution in [1.82, 2.24) is 10.3 Å². The van der Waals surface area contributed by atoms with E-state index < -0.39 is 0 Å². The number of carbonyl (C=O) groups is 1. The number of nitrogens with zero attached hydrogens (tertiary/aromatic N) is 1. The summed E-state index contributed by atoms with van der Waals surface area (Å²) in [6.07, 6.45) is 8.51. The number of aromatic nitrogens is 1. The van der Waals surface area contributed by atoms with Crippen LogP contribution in [0.25, 0.3) is 0 Å². The van der Waals surface area contributed by atoms with E-state index >= 15 is 0 Å². The second-order valence-corrected chi connectivity index (χ2v) is 5.50. The van der Waals surface area contributed by atoms with Crippen molar-refractivity contribution in [2.24, 2.45) is 5.92 Å². The van der Waals surface area contributed by atoms with Gasteiger partial charge in [0.25, 0.3) is 5.91 Å². The Kier molecular flexibility index (Phi) is 5.77. The fourth-order valence-electron chi connectivity index (χ4n) is 2.77. The Morgan fingerprint density at radius 2 is 2.29 bits per heavy atom. The molecule has 4 nitrogen and oxygen atoms in total. The zero-order chi connectivity index (χ0) is 15.1. The molecule has 0 bridgehead atoms. The highest BCUT2D eigenvalue weighted by Gasteiger charge is 2.23. The van der Waals surface area contributed by atoms with Crippen LogP contribution in [0.15, 0.2) is 18.5 Å². The number of aliphatic hydroxyl groups is 1. The molecule has 1 fully saturated rings. The Morgan fingerprint density at radius 1 is 1.52 bits per heavy atom. The molecular formula is C17H22N2O2. The normalized spacial score (nSPS) is 16.1. The molecule has 1 unspecified atom stereocenters. The van der Waals surface area contributed by atoms with E-state index in [0.29, 0.717) is 23.5 Å². The van der Waals surface area contributed by atoms with Gasteiger partial charge in [-0.3, -0.25) is 9.78 Å². The number of amides is 1. The molecule has 0 radical (unpaired) electrons. The zero-order valence-electron chi connectivity index (χ0n) is 12.4. The number of aliphatic hydroxyl groups excluding tert-OH is 1. The van der Waals surface area contributed by atoms with Crippen molar-refractivity contribution in [3.63, 3.8) is 0 Å². The van der Waals surface area contributed by atoms with Gasteiger partial charge in [0, 0.05) is 24.9 Å². The van der Waals surface area contributed by atoms with Crippen molar-refractivity contribution in [3.05, 3.63) is 29.6 Å². The van der Waals surface area contributed by atoms with Crippen molar-refractivity contribution in [2.75, 3.05) is 6.61 Å². The number of carbonyl (C=O) groups excluding carboxylic acids is 1. The van der Waals surface area contributed by atoms with Crippen LogP contribution < -0.4 is 5.32 Å². The van der Waals surface area contributed by atoms with Gasteiger partial charge in [0.1, 0.15) is 0 Å². The predicted octanol–water partition coefficient (Wildman–Crippen LogP) is 2.12. The third-order valence-corrected chi connectivity index (χ3v) is 3.99. The van der Waals surface area contributed by atoms with Crippen molar-refractivity contribution >= 4 is 5.91 Å². The van der Waals surface area contributed by atoms with Crippen molar-refractivity contribution in [3.8, 4) is 11.8 Å². The minimum absolute atomic E-state index is 0.0213. The second kappa shape index (κ2) is 7.80. The van der Waals surface area contributed by atoms with Crippen molar-refractivity contribution in [1.29, 1.82) is 0 Å². The zero-order valence-corrected chi connectivity index (χ0v) is 12.4. The van der Waals surface area contributed by atoms with E-state index in [4.69, 9.17) is 5.11 Å². The molecule has 1 aromatic heterocycles. The van der Waals surface area contributed by atoms with Gasteiger partial charge in [0.2, 0.25) is 0 Å². The maximum absolute atomic E-state index is 12.4. The molecule has 1 aliphatic carbocycles. The SMILES string of the molecule is CC(NC(=O)c1ccncc1C#CCCO)C1CCCC1. The molecule has 2 rings (SSSR count). The van der Waals surface area contributed by atoms with Crippen LogP contribution in [-0.2, 0) is 0 Å². The Balaban J connectivity index is 2.06. The van der Waals surface area contributed by atoms with Crippen molar-refractivity contribution in [2.45, 2.75) is 45.1 Å². The summed E-state index contributed by atoms with van der Waals surface area (Å²) < 4.78 is 0. The van der Waals surface area contributed by atoms with Crippen LogP contribution in [0.2, 0.25) is 0 Å². The standard InChI is InChI=1S/C17H22N2O2/c1-13(14-6-2-3-7-14)19-17(21)16-9-10-18-12-15(16)8-4-5-11-20/h9-10,12-14,20H,2-3,5-7,11H2,1H3,(H,19,21). The number of hydrogen-bond acceptors (Lipinski definition) is 3. The van der Waals surface area contributed by atoms with E-state index in [1.807, 2.05) is 0 Å². The Hall–Kier alpha value is -1.86. The summed E-state index contributed by atoms with van der Waals surface area (Å²) in [6, 6.07) is 1.88. The van der Waals surface area contributed by atoms with Gasteiger partial charge in [0.15, 0.2) is 0 Å². The van der Waals surface area contributed by atoms with Gasteiger partial charge in [-0.25, -0.2) is 0 Å². The molecular weight excluding hydrogens is 264 g/mol. The molecule has 1 aliphatic rings. The molecule has 0 aliphatic heterocycles. The third-order valence-electron chi connectivity index (χ3n) is 3.99. The van der Waals surface area contributed by atoms with Gasteiger partial charge in [-0.2, -0.15) is 0 Å². The fourth-order valence-corrected chi connectivity index (χ4v) is 2.77. The molecule has 0 spiro atoms. The first-order valence-corrected chi connectivity index (χ1v) is 7.57. The lowest BCUT2D eigenvalue weighted by Crippen LogP contribution is -2.37. The second-order valence-electron chi connectivity index (χ2n) is 5.50. The molecule has 112 valence electrons. The Morgan fingerprint density at radius 3 is 3.00 bits per heavy atom. The van der Waals surface area contributed by atoms with Gasteiger partial charge in [-0.05, 0) is 31.7 Å². The average Bonchev–Trinajstić information content (AvgIpc) is 3.02. The van der Waals surface area contributed by atoms with Gasteiger partial charge in [0.05, 0.1) is 17.7 Å². The minimum atomic E-state index is -0.0925. The molecule has 21 heavy (non-hydrogen) atoms. The van der Waals surface area contributed by atoms with E-state index in [9.17, 15) is 4.79 Å².